The van der Waals surface area contributed by atoms with E-state index in [9.17, 15) is 8.42 Å². The zero-order chi connectivity index (χ0) is 13.1. The second-order valence-electron chi connectivity index (χ2n) is 5.79. The lowest BCUT2D eigenvalue weighted by molar-refractivity contribution is 0.103. The lowest BCUT2D eigenvalue weighted by Gasteiger charge is -2.21. The lowest BCUT2D eigenvalue weighted by Crippen LogP contribution is -2.44. The summed E-state index contributed by atoms with van der Waals surface area (Å²) in [6.45, 7) is 7.45. The second-order valence-corrected chi connectivity index (χ2v) is 7.66. The maximum atomic E-state index is 11.9. The normalized spacial score (nSPS) is 26.4. The van der Waals surface area contributed by atoms with Crippen LogP contribution in [0.4, 0.5) is 0 Å². The second kappa shape index (κ2) is 5.65. The molecule has 5 nitrogen and oxygen atoms in total. The Hall–Kier alpha value is -0.170. The quantitative estimate of drug-likeness (QED) is 0.751. The van der Waals surface area contributed by atoms with Gasteiger partial charge in [-0.3, -0.25) is 0 Å². The SMILES string of the molecule is CO[C@H]1CNCC1NS(=O)(=O)CCC(C)(C)C. The predicted molar refractivity (Wildman–Crippen MR) is 68.4 cm³/mol. The summed E-state index contributed by atoms with van der Waals surface area (Å²) in [7, 11) is -1.61. The fourth-order valence-electron chi connectivity index (χ4n) is 1.75. The minimum atomic E-state index is -3.21. The molecule has 1 rings (SSSR count). The summed E-state index contributed by atoms with van der Waals surface area (Å²) in [6.07, 6.45) is 0.583. The number of hydrogen-bond donors (Lipinski definition) is 2. The maximum absolute atomic E-state index is 11.9. The van der Waals surface area contributed by atoms with Crippen molar-refractivity contribution in [1.82, 2.24) is 10.0 Å². The highest BCUT2D eigenvalue weighted by Gasteiger charge is 2.30. The number of hydrogen-bond acceptors (Lipinski definition) is 4. The number of nitrogens with one attached hydrogen (secondary N) is 2. The van der Waals surface area contributed by atoms with Crippen LogP contribution < -0.4 is 10.0 Å². The molecule has 1 fully saturated rings. The van der Waals surface area contributed by atoms with Crippen LogP contribution in [0.25, 0.3) is 0 Å². The Morgan fingerprint density at radius 3 is 2.53 bits per heavy atom. The van der Waals surface area contributed by atoms with Crippen LogP contribution in [0.15, 0.2) is 0 Å². The minimum absolute atomic E-state index is 0.0311. The standard InChI is InChI=1S/C11H24N2O3S/c1-11(2,3)5-6-17(14,15)13-9-7-12-8-10(9)16-4/h9-10,12-13H,5-8H2,1-4H3/t9?,10-/m0/s1. The highest BCUT2D eigenvalue weighted by Crippen LogP contribution is 2.19. The molecule has 0 aromatic carbocycles. The van der Waals surface area contributed by atoms with Gasteiger partial charge in [0.2, 0.25) is 10.0 Å². The van der Waals surface area contributed by atoms with E-state index in [2.05, 4.69) is 10.0 Å². The number of rotatable bonds is 5. The first kappa shape index (κ1) is 14.9. The Labute approximate surface area is 104 Å². The molecule has 1 heterocycles. The molecule has 0 amide bonds. The highest BCUT2D eigenvalue weighted by molar-refractivity contribution is 7.89. The van der Waals surface area contributed by atoms with Crippen molar-refractivity contribution in [3.8, 4) is 0 Å². The molecular formula is C11H24N2O3S. The van der Waals surface area contributed by atoms with Crippen LogP contribution in [0.2, 0.25) is 0 Å². The third kappa shape index (κ3) is 5.33. The Bertz CT molecular complexity index is 335. The van der Waals surface area contributed by atoms with E-state index >= 15 is 0 Å². The summed E-state index contributed by atoms with van der Waals surface area (Å²) < 4.78 is 31.7. The molecule has 0 aromatic rings. The van der Waals surface area contributed by atoms with Crippen LogP contribution >= 0.6 is 0 Å². The first-order valence-corrected chi connectivity index (χ1v) is 7.62. The van der Waals surface area contributed by atoms with E-state index in [-0.39, 0.29) is 23.3 Å². The Morgan fingerprint density at radius 1 is 1.35 bits per heavy atom. The van der Waals surface area contributed by atoms with Crippen molar-refractivity contribution < 1.29 is 13.2 Å². The average molecular weight is 264 g/mol. The van der Waals surface area contributed by atoms with E-state index < -0.39 is 10.0 Å². The van der Waals surface area contributed by atoms with Crippen molar-refractivity contribution in [3.63, 3.8) is 0 Å². The van der Waals surface area contributed by atoms with Crippen molar-refractivity contribution in [1.29, 1.82) is 0 Å². The van der Waals surface area contributed by atoms with Gasteiger partial charge in [0.15, 0.2) is 0 Å². The number of ether oxygens (including phenoxy) is 1. The minimum Gasteiger partial charge on any atom is -0.378 e. The summed E-state index contributed by atoms with van der Waals surface area (Å²) in [5.74, 6) is 0.170. The summed E-state index contributed by atoms with van der Waals surface area (Å²) >= 11 is 0. The Kier molecular flexibility index (Phi) is 4.95. The molecule has 1 aliphatic rings. The molecule has 0 aliphatic carbocycles. The summed E-state index contributed by atoms with van der Waals surface area (Å²) in [4.78, 5) is 0. The van der Waals surface area contributed by atoms with Gasteiger partial charge in [-0.05, 0) is 11.8 Å². The fourth-order valence-corrected chi connectivity index (χ4v) is 3.45. The number of methoxy groups -OCH3 is 1. The summed E-state index contributed by atoms with van der Waals surface area (Å²) in [6, 6.07) is -0.148. The molecule has 6 heteroatoms. The van der Waals surface area contributed by atoms with E-state index in [1.165, 1.54) is 0 Å². The van der Waals surface area contributed by atoms with Gasteiger partial charge in [-0.15, -0.1) is 0 Å². The van der Waals surface area contributed by atoms with Crippen LogP contribution in [0.5, 0.6) is 0 Å². The number of sulfonamides is 1. The monoisotopic (exact) mass is 264 g/mol. The lowest BCUT2D eigenvalue weighted by atomic mass is 9.94. The van der Waals surface area contributed by atoms with Crippen LogP contribution in [0, 0.1) is 5.41 Å². The van der Waals surface area contributed by atoms with Gasteiger partial charge in [0, 0.05) is 20.2 Å². The molecular weight excluding hydrogens is 240 g/mol. The molecule has 102 valence electrons. The van der Waals surface area contributed by atoms with Crippen molar-refractivity contribution in [2.45, 2.75) is 39.3 Å². The molecule has 0 radical (unpaired) electrons. The van der Waals surface area contributed by atoms with E-state index in [0.29, 0.717) is 19.5 Å². The topological polar surface area (TPSA) is 67.4 Å². The highest BCUT2D eigenvalue weighted by atomic mass is 32.2. The Balaban J connectivity index is 2.49. The molecule has 1 aliphatic heterocycles. The van der Waals surface area contributed by atoms with Gasteiger partial charge in [-0.1, -0.05) is 20.8 Å². The predicted octanol–water partition coefficient (Wildman–Crippen LogP) is 0.329. The third-order valence-corrected chi connectivity index (χ3v) is 4.32. The van der Waals surface area contributed by atoms with Gasteiger partial charge in [0.1, 0.15) is 0 Å². The van der Waals surface area contributed by atoms with Crippen molar-refractivity contribution >= 4 is 10.0 Å². The van der Waals surface area contributed by atoms with Crippen LogP contribution in [0.3, 0.4) is 0 Å². The van der Waals surface area contributed by atoms with Gasteiger partial charge in [0.25, 0.3) is 0 Å². The van der Waals surface area contributed by atoms with Crippen molar-refractivity contribution in [2.24, 2.45) is 5.41 Å². The largest absolute Gasteiger partial charge is 0.378 e. The maximum Gasteiger partial charge on any atom is 0.212 e. The third-order valence-electron chi connectivity index (χ3n) is 2.91. The molecule has 1 saturated heterocycles. The molecule has 17 heavy (non-hydrogen) atoms. The van der Waals surface area contributed by atoms with Gasteiger partial charge in [-0.2, -0.15) is 0 Å². The van der Waals surface area contributed by atoms with Crippen molar-refractivity contribution in [2.75, 3.05) is 26.0 Å². The first-order valence-electron chi connectivity index (χ1n) is 5.97. The average Bonchev–Trinajstić information content (AvgIpc) is 2.61. The molecule has 0 bridgehead atoms. The van der Waals surface area contributed by atoms with Crippen LogP contribution in [-0.4, -0.2) is 46.5 Å². The molecule has 2 atom stereocenters. The van der Waals surface area contributed by atoms with Gasteiger partial charge < -0.3 is 10.1 Å². The van der Waals surface area contributed by atoms with E-state index in [1.54, 1.807) is 7.11 Å². The first-order chi connectivity index (χ1) is 7.73. The molecule has 0 saturated carbocycles. The van der Waals surface area contributed by atoms with E-state index in [1.807, 2.05) is 20.8 Å². The Morgan fingerprint density at radius 2 is 2.00 bits per heavy atom. The summed E-state index contributed by atoms with van der Waals surface area (Å²) in [5.41, 5.74) is 0.0311. The van der Waals surface area contributed by atoms with E-state index in [4.69, 9.17) is 4.74 Å². The van der Waals surface area contributed by atoms with Gasteiger partial charge in [0.05, 0.1) is 17.9 Å². The van der Waals surface area contributed by atoms with Crippen LogP contribution in [-0.2, 0) is 14.8 Å². The van der Waals surface area contributed by atoms with Gasteiger partial charge in [-0.25, -0.2) is 13.1 Å². The van der Waals surface area contributed by atoms with Gasteiger partial charge >= 0.3 is 0 Å². The van der Waals surface area contributed by atoms with E-state index in [0.717, 1.165) is 0 Å². The van der Waals surface area contributed by atoms with Crippen LogP contribution in [0.1, 0.15) is 27.2 Å². The zero-order valence-corrected chi connectivity index (χ0v) is 11.9. The molecule has 2 N–H and O–H groups in total. The fraction of sp³-hybridized carbons (Fsp3) is 1.00. The smallest absolute Gasteiger partial charge is 0.212 e. The zero-order valence-electron chi connectivity index (χ0n) is 11.1. The molecule has 1 unspecified atom stereocenters. The van der Waals surface area contributed by atoms with Crippen molar-refractivity contribution in [3.05, 3.63) is 0 Å². The summed E-state index contributed by atoms with van der Waals surface area (Å²) in [5, 5.41) is 3.12. The molecule has 0 aromatic heterocycles. The molecule has 0 spiro atoms.